The Morgan fingerprint density at radius 1 is 1.17 bits per heavy atom. The predicted octanol–water partition coefficient (Wildman–Crippen LogP) is 3.97. The van der Waals surface area contributed by atoms with Crippen LogP contribution in [-0.2, 0) is 11.3 Å². The smallest absolute Gasteiger partial charge is 0.308 e. The van der Waals surface area contributed by atoms with Crippen molar-refractivity contribution in [1.29, 1.82) is 0 Å². The number of nitrogens with one attached hydrogen (secondary N) is 1. The van der Waals surface area contributed by atoms with Gasteiger partial charge in [-0.25, -0.2) is 0 Å². The van der Waals surface area contributed by atoms with E-state index in [0.29, 0.717) is 10.5 Å². The second-order valence-corrected chi connectivity index (χ2v) is 6.76. The van der Waals surface area contributed by atoms with Gasteiger partial charge in [0.2, 0.25) is 5.91 Å². The van der Waals surface area contributed by atoms with E-state index >= 15 is 0 Å². The molecule has 0 saturated carbocycles. The van der Waals surface area contributed by atoms with Crippen LogP contribution in [0.5, 0.6) is 0 Å². The van der Waals surface area contributed by atoms with Gasteiger partial charge in [-0.2, -0.15) is 0 Å². The van der Waals surface area contributed by atoms with Gasteiger partial charge in [-0.3, -0.25) is 14.2 Å². The number of halogens is 1. The standard InChI is InChI=1S/C17H15ClN2O2S/c1-10-5-3-6-11(2)15(10)19-14(21)9-20-16-12(18)7-4-8-13(16)23-17(20)22/h3-8H,9H2,1-2H3,(H,19,21). The van der Waals surface area contributed by atoms with Crippen LogP contribution in [0.2, 0.25) is 5.02 Å². The van der Waals surface area contributed by atoms with Gasteiger partial charge in [-0.15, -0.1) is 0 Å². The number of aryl methyl sites for hydroxylation is 2. The normalized spacial score (nSPS) is 10.9. The number of fused-ring (bicyclic) bond motifs is 1. The number of benzene rings is 2. The molecule has 2 aromatic carbocycles. The summed E-state index contributed by atoms with van der Waals surface area (Å²) in [6, 6.07) is 11.2. The first-order chi connectivity index (χ1) is 11.0. The molecule has 0 unspecified atom stereocenters. The van der Waals surface area contributed by atoms with Crippen molar-refractivity contribution >= 4 is 44.7 Å². The molecule has 4 nitrogen and oxygen atoms in total. The van der Waals surface area contributed by atoms with Gasteiger partial charge in [0, 0.05) is 5.69 Å². The lowest BCUT2D eigenvalue weighted by Crippen LogP contribution is -2.24. The van der Waals surface area contributed by atoms with E-state index in [-0.39, 0.29) is 17.3 Å². The molecule has 1 amide bonds. The van der Waals surface area contributed by atoms with Crippen LogP contribution in [0.25, 0.3) is 10.2 Å². The van der Waals surface area contributed by atoms with Gasteiger partial charge in [0.25, 0.3) is 0 Å². The SMILES string of the molecule is Cc1cccc(C)c1NC(=O)Cn1c(=O)sc2cccc(Cl)c21. The molecular weight excluding hydrogens is 332 g/mol. The number of amides is 1. The highest BCUT2D eigenvalue weighted by atomic mass is 35.5. The van der Waals surface area contributed by atoms with E-state index in [0.717, 1.165) is 32.9 Å². The fourth-order valence-electron chi connectivity index (χ4n) is 2.56. The minimum absolute atomic E-state index is 0.0592. The third-order valence-electron chi connectivity index (χ3n) is 3.68. The molecule has 23 heavy (non-hydrogen) atoms. The number of para-hydroxylation sites is 2. The summed E-state index contributed by atoms with van der Waals surface area (Å²) in [6.45, 7) is 3.81. The fraction of sp³-hybridized carbons (Fsp3) is 0.176. The predicted molar refractivity (Wildman–Crippen MR) is 95.6 cm³/mol. The molecule has 1 aromatic heterocycles. The zero-order valence-electron chi connectivity index (χ0n) is 12.7. The molecule has 0 bridgehead atoms. The second-order valence-electron chi connectivity index (χ2n) is 5.36. The summed E-state index contributed by atoms with van der Waals surface area (Å²) in [6.07, 6.45) is 0. The van der Waals surface area contributed by atoms with Gasteiger partial charge < -0.3 is 5.32 Å². The second kappa shape index (κ2) is 6.18. The number of hydrogen-bond acceptors (Lipinski definition) is 3. The average Bonchev–Trinajstić information content (AvgIpc) is 2.80. The van der Waals surface area contributed by atoms with Crippen molar-refractivity contribution in [2.75, 3.05) is 5.32 Å². The monoisotopic (exact) mass is 346 g/mol. The molecule has 118 valence electrons. The Bertz CT molecular complexity index is 939. The minimum Gasteiger partial charge on any atom is -0.324 e. The van der Waals surface area contributed by atoms with E-state index in [1.165, 1.54) is 4.57 Å². The summed E-state index contributed by atoms with van der Waals surface area (Å²) in [4.78, 5) is 24.3. The third kappa shape index (κ3) is 3.02. The molecule has 0 spiro atoms. The molecule has 6 heteroatoms. The number of anilines is 1. The first-order valence-corrected chi connectivity index (χ1v) is 8.30. The van der Waals surface area contributed by atoms with Gasteiger partial charge in [-0.05, 0) is 37.1 Å². The lowest BCUT2D eigenvalue weighted by atomic mass is 10.1. The lowest BCUT2D eigenvalue weighted by molar-refractivity contribution is -0.116. The van der Waals surface area contributed by atoms with Crippen molar-refractivity contribution in [3.63, 3.8) is 0 Å². The zero-order chi connectivity index (χ0) is 16.6. The van der Waals surface area contributed by atoms with E-state index in [1.807, 2.05) is 38.1 Å². The number of thiazole rings is 1. The van der Waals surface area contributed by atoms with Gasteiger partial charge in [0.15, 0.2) is 0 Å². The maximum absolute atomic E-state index is 12.4. The van der Waals surface area contributed by atoms with Crippen molar-refractivity contribution in [3.8, 4) is 0 Å². The minimum atomic E-state index is -0.246. The molecule has 0 aliphatic rings. The van der Waals surface area contributed by atoms with Gasteiger partial charge in [0.1, 0.15) is 6.54 Å². The maximum Gasteiger partial charge on any atom is 0.308 e. The Kier molecular flexibility index (Phi) is 4.24. The van der Waals surface area contributed by atoms with Crippen LogP contribution < -0.4 is 10.2 Å². The molecular formula is C17H15ClN2O2S. The Hall–Kier alpha value is -2.11. The van der Waals surface area contributed by atoms with E-state index < -0.39 is 0 Å². The van der Waals surface area contributed by atoms with Crippen molar-refractivity contribution in [1.82, 2.24) is 4.57 Å². The van der Waals surface area contributed by atoms with Gasteiger partial charge in [0.05, 0.1) is 15.2 Å². The number of aromatic nitrogens is 1. The first-order valence-electron chi connectivity index (χ1n) is 7.11. The topological polar surface area (TPSA) is 51.1 Å². The quantitative estimate of drug-likeness (QED) is 0.780. The molecule has 0 fully saturated rings. The Morgan fingerprint density at radius 3 is 2.52 bits per heavy atom. The molecule has 1 N–H and O–H groups in total. The number of carbonyl (C=O) groups is 1. The van der Waals surface area contributed by atoms with Crippen LogP contribution in [0.3, 0.4) is 0 Å². The number of carbonyl (C=O) groups excluding carboxylic acids is 1. The summed E-state index contributed by atoms with van der Waals surface area (Å²) in [7, 11) is 0. The van der Waals surface area contributed by atoms with Crippen molar-refractivity contribution in [2.45, 2.75) is 20.4 Å². The summed E-state index contributed by atoms with van der Waals surface area (Å²) < 4.78 is 2.20. The summed E-state index contributed by atoms with van der Waals surface area (Å²) in [5.74, 6) is -0.246. The van der Waals surface area contributed by atoms with Crippen molar-refractivity contribution in [2.24, 2.45) is 0 Å². The summed E-state index contributed by atoms with van der Waals surface area (Å²) >= 11 is 7.28. The van der Waals surface area contributed by atoms with E-state index in [1.54, 1.807) is 12.1 Å². The van der Waals surface area contributed by atoms with E-state index in [2.05, 4.69) is 5.32 Å². The largest absolute Gasteiger partial charge is 0.324 e. The molecule has 3 aromatic rings. The lowest BCUT2D eigenvalue weighted by Gasteiger charge is -2.12. The van der Waals surface area contributed by atoms with Crippen molar-refractivity contribution < 1.29 is 4.79 Å². The molecule has 0 radical (unpaired) electrons. The number of nitrogens with zero attached hydrogens (tertiary/aromatic N) is 1. The molecule has 0 aliphatic heterocycles. The zero-order valence-corrected chi connectivity index (χ0v) is 14.3. The summed E-state index contributed by atoms with van der Waals surface area (Å²) in [5.41, 5.74) is 3.37. The van der Waals surface area contributed by atoms with Crippen LogP contribution in [-0.4, -0.2) is 10.5 Å². The number of rotatable bonds is 3. The Labute approximate surface area is 142 Å². The first kappa shape index (κ1) is 15.8. The molecule has 0 aliphatic carbocycles. The van der Waals surface area contributed by atoms with Crippen LogP contribution in [0, 0.1) is 13.8 Å². The highest BCUT2D eigenvalue weighted by Crippen LogP contribution is 2.25. The fourth-order valence-corrected chi connectivity index (χ4v) is 3.81. The van der Waals surface area contributed by atoms with Crippen LogP contribution in [0.1, 0.15) is 11.1 Å². The molecule has 0 atom stereocenters. The molecule has 1 heterocycles. The van der Waals surface area contributed by atoms with Crippen LogP contribution >= 0.6 is 22.9 Å². The number of hydrogen-bond donors (Lipinski definition) is 1. The van der Waals surface area contributed by atoms with Crippen LogP contribution in [0.15, 0.2) is 41.2 Å². The Balaban J connectivity index is 1.92. The average molecular weight is 347 g/mol. The van der Waals surface area contributed by atoms with Gasteiger partial charge in [-0.1, -0.05) is 47.2 Å². The maximum atomic E-state index is 12.4. The Morgan fingerprint density at radius 2 is 1.83 bits per heavy atom. The van der Waals surface area contributed by atoms with Crippen molar-refractivity contribution in [3.05, 3.63) is 62.2 Å². The highest BCUT2D eigenvalue weighted by molar-refractivity contribution is 7.16. The molecule has 3 rings (SSSR count). The third-order valence-corrected chi connectivity index (χ3v) is 4.93. The molecule has 0 saturated heterocycles. The van der Waals surface area contributed by atoms with E-state index in [4.69, 9.17) is 11.6 Å². The van der Waals surface area contributed by atoms with E-state index in [9.17, 15) is 9.59 Å². The van der Waals surface area contributed by atoms with Gasteiger partial charge >= 0.3 is 4.87 Å². The summed E-state index contributed by atoms with van der Waals surface area (Å²) in [5, 5.41) is 3.36. The highest BCUT2D eigenvalue weighted by Gasteiger charge is 2.14. The van der Waals surface area contributed by atoms with Crippen LogP contribution in [0.4, 0.5) is 5.69 Å².